The Balaban J connectivity index is 2.81. The summed E-state index contributed by atoms with van der Waals surface area (Å²) in [5.41, 5.74) is 11.2. The second-order valence-corrected chi connectivity index (χ2v) is 3.25. The highest BCUT2D eigenvalue weighted by Gasteiger charge is 2.00. The van der Waals surface area contributed by atoms with E-state index in [1.54, 1.807) is 17.7 Å². The van der Waals surface area contributed by atoms with Crippen LogP contribution in [0.4, 0.5) is 11.6 Å². The van der Waals surface area contributed by atoms with Crippen LogP contribution in [-0.4, -0.2) is 23.3 Å². The predicted octanol–water partition coefficient (Wildman–Crippen LogP) is 0.813. The number of rotatable bonds is 4. The molecule has 0 atom stereocenters. The molecular formula is C8H14N4OS. The van der Waals surface area contributed by atoms with Crippen LogP contribution in [0.1, 0.15) is 6.42 Å². The fraction of sp³-hybridized carbons (Fsp3) is 0.500. The average Bonchev–Trinajstić information content (AvgIpc) is 2.09. The summed E-state index contributed by atoms with van der Waals surface area (Å²) in [5, 5.41) is 0. The number of anilines is 2. The molecule has 0 amide bonds. The molecule has 1 aromatic heterocycles. The predicted molar refractivity (Wildman–Crippen MR) is 58.4 cm³/mol. The van der Waals surface area contributed by atoms with Gasteiger partial charge in [0.25, 0.3) is 0 Å². The molecule has 0 saturated heterocycles. The first-order valence-corrected chi connectivity index (χ1v) is 4.67. The van der Waals surface area contributed by atoms with Gasteiger partial charge in [0, 0.05) is 26.3 Å². The summed E-state index contributed by atoms with van der Waals surface area (Å²) in [7, 11) is 1.66. The molecule has 1 rings (SSSR count). The highest BCUT2D eigenvalue weighted by Crippen LogP contribution is 2.08. The van der Waals surface area contributed by atoms with E-state index in [0.717, 1.165) is 6.42 Å². The Hall–Kier alpha value is -1.14. The molecule has 0 radical (unpaired) electrons. The number of aromatic nitrogens is 2. The van der Waals surface area contributed by atoms with E-state index in [0.29, 0.717) is 29.6 Å². The zero-order valence-corrected chi connectivity index (χ0v) is 8.88. The number of hydrogen-bond acceptors (Lipinski definition) is 5. The van der Waals surface area contributed by atoms with Gasteiger partial charge < -0.3 is 20.8 Å². The van der Waals surface area contributed by atoms with Crippen molar-refractivity contribution in [1.82, 2.24) is 9.55 Å². The molecule has 0 saturated carbocycles. The van der Waals surface area contributed by atoms with Crippen LogP contribution < -0.4 is 11.5 Å². The molecule has 14 heavy (non-hydrogen) atoms. The van der Waals surface area contributed by atoms with Gasteiger partial charge in [0.2, 0.25) is 4.77 Å². The first-order valence-electron chi connectivity index (χ1n) is 4.27. The second-order valence-electron chi connectivity index (χ2n) is 2.89. The third-order valence-electron chi connectivity index (χ3n) is 1.79. The minimum atomic E-state index is 0.357. The lowest BCUT2D eigenvalue weighted by atomic mass is 10.4. The van der Waals surface area contributed by atoms with Crippen LogP contribution in [-0.2, 0) is 11.3 Å². The lowest BCUT2D eigenvalue weighted by Crippen LogP contribution is -2.11. The van der Waals surface area contributed by atoms with Gasteiger partial charge in [0.15, 0.2) is 0 Å². The maximum Gasteiger partial charge on any atom is 0.202 e. The molecule has 1 aromatic rings. The first kappa shape index (κ1) is 10.9. The van der Waals surface area contributed by atoms with E-state index in [-0.39, 0.29) is 0 Å². The normalized spacial score (nSPS) is 10.4. The molecular weight excluding hydrogens is 200 g/mol. The van der Waals surface area contributed by atoms with Gasteiger partial charge in [-0.3, -0.25) is 0 Å². The summed E-state index contributed by atoms with van der Waals surface area (Å²) in [6.45, 7) is 1.37. The Morgan fingerprint density at radius 2 is 2.29 bits per heavy atom. The maximum atomic E-state index is 5.74. The van der Waals surface area contributed by atoms with Crippen molar-refractivity contribution in [3.63, 3.8) is 0 Å². The quantitative estimate of drug-likeness (QED) is 0.573. The van der Waals surface area contributed by atoms with E-state index in [1.165, 1.54) is 0 Å². The molecule has 0 aliphatic heterocycles. The Kier molecular flexibility index (Phi) is 3.84. The minimum Gasteiger partial charge on any atom is -0.385 e. The van der Waals surface area contributed by atoms with E-state index < -0.39 is 0 Å². The molecule has 0 bridgehead atoms. The van der Waals surface area contributed by atoms with Crippen molar-refractivity contribution in [2.24, 2.45) is 0 Å². The van der Waals surface area contributed by atoms with Gasteiger partial charge in [0.1, 0.15) is 11.6 Å². The number of methoxy groups -OCH3 is 1. The number of hydrogen-bond donors (Lipinski definition) is 2. The lowest BCUT2D eigenvalue weighted by Gasteiger charge is -2.09. The van der Waals surface area contributed by atoms with Crippen LogP contribution in [0.2, 0.25) is 0 Å². The topological polar surface area (TPSA) is 79.1 Å². The molecule has 1 heterocycles. The highest BCUT2D eigenvalue weighted by molar-refractivity contribution is 7.71. The Labute approximate surface area is 87.7 Å². The van der Waals surface area contributed by atoms with Crippen molar-refractivity contribution >= 4 is 23.9 Å². The van der Waals surface area contributed by atoms with Gasteiger partial charge >= 0.3 is 0 Å². The SMILES string of the molecule is COCCCn1c(N)cc(N)nc1=S. The van der Waals surface area contributed by atoms with E-state index in [4.69, 9.17) is 28.4 Å². The maximum absolute atomic E-state index is 5.74. The second kappa shape index (κ2) is 4.92. The van der Waals surface area contributed by atoms with E-state index in [9.17, 15) is 0 Å². The number of nitrogens with two attached hydrogens (primary N) is 2. The van der Waals surface area contributed by atoms with Crippen LogP contribution in [0.5, 0.6) is 0 Å². The van der Waals surface area contributed by atoms with Crippen molar-refractivity contribution in [2.75, 3.05) is 25.2 Å². The van der Waals surface area contributed by atoms with Gasteiger partial charge in [0.05, 0.1) is 0 Å². The zero-order valence-electron chi connectivity index (χ0n) is 8.06. The molecule has 0 fully saturated rings. The summed E-state index contributed by atoms with van der Waals surface area (Å²) in [5.74, 6) is 0.897. The summed E-state index contributed by atoms with van der Waals surface area (Å²) in [6, 6.07) is 1.60. The molecule has 4 N–H and O–H groups in total. The van der Waals surface area contributed by atoms with Gasteiger partial charge in [-0.05, 0) is 18.6 Å². The van der Waals surface area contributed by atoms with Crippen LogP contribution in [0.3, 0.4) is 0 Å². The fourth-order valence-corrected chi connectivity index (χ4v) is 1.44. The summed E-state index contributed by atoms with van der Waals surface area (Å²) >= 11 is 5.03. The summed E-state index contributed by atoms with van der Waals surface area (Å²) in [6.07, 6.45) is 0.848. The van der Waals surface area contributed by atoms with Crippen LogP contribution in [0, 0.1) is 4.77 Å². The Morgan fingerprint density at radius 3 is 2.86 bits per heavy atom. The van der Waals surface area contributed by atoms with Gasteiger partial charge in [-0.15, -0.1) is 0 Å². The smallest absolute Gasteiger partial charge is 0.202 e. The van der Waals surface area contributed by atoms with E-state index in [2.05, 4.69) is 4.98 Å². The van der Waals surface area contributed by atoms with Crippen molar-refractivity contribution < 1.29 is 4.74 Å². The average molecular weight is 214 g/mol. The standard InChI is InChI=1S/C8H14N4OS/c1-13-4-2-3-12-7(10)5-6(9)11-8(12)14/h5H,2-4,10H2,1H3,(H2,9,11,14). The van der Waals surface area contributed by atoms with Crippen molar-refractivity contribution in [3.05, 3.63) is 10.8 Å². The van der Waals surface area contributed by atoms with Gasteiger partial charge in [-0.25, -0.2) is 4.98 Å². The van der Waals surface area contributed by atoms with Crippen molar-refractivity contribution in [3.8, 4) is 0 Å². The van der Waals surface area contributed by atoms with Crippen molar-refractivity contribution in [2.45, 2.75) is 13.0 Å². The molecule has 6 heteroatoms. The molecule has 5 nitrogen and oxygen atoms in total. The zero-order chi connectivity index (χ0) is 10.6. The van der Waals surface area contributed by atoms with Gasteiger partial charge in [-0.1, -0.05) is 0 Å². The molecule has 78 valence electrons. The summed E-state index contributed by atoms with van der Waals surface area (Å²) < 4.78 is 7.09. The molecule has 0 spiro atoms. The highest BCUT2D eigenvalue weighted by atomic mass is 32.1. The third kappa shape index (κ3) is 2.68. The molecule has 0 aliphatic rings. The first-order chi connectivity index (χ1) is 6.65. The molecule has 0 aromatic carbocycles. The number of nitrogens with zero attached hydrogens (tertiary/aromatic N) is 2. The largest absolute Gasteiger partial charge is 0.385 e. The van der Waals surface area contributed by atoms with E-state index >= 15 is 0 Å². The van der Waals surface area contributed by atoms with E-state index in [1.807, 2.05) is 0 Å². The Morgan fingerprint density at radius 1 is 1.57 bits per heavy atom. The molecule has 0 unspecified atom stereocenters. The minimum absolute atomic E-state index is 0.357. The number of ether oxygens (including phenoxy) is 1. The van der Waals surface area contributed by atoms with Crippen molar-refractivity contribution in [1.29, 1.82) is 0 Å². The van der Waals surface area contributed by atoms with Gasteiger partial charge in [-0.2, -0.15) is 0 Å². The monoisotopic (exact) mass is 214 g/mol. The molecule has 0 aliphatic carbocycles. The summed E-state index contributed by atoms with van der Waals surface area (Å²) in [4.78, 5) is 3.95. The number of nitrogen functional groups attached to an aromatic ring is 2. The van der Waals surface area contributed by atoms with Crippen LogP contribution in [0.15, 0.2) is 6.07 Å². The van der Waals surface area contributed by atoms with Crippen LogP contribution >= 0.6 is 12.2 Å². The third-order valence-corrected chi connectivity index (χ3v) is 2.10. The Bertz CT molecular complexity index is 363. The van der Waals surface area contributed by atoms with Crippen LogP contribution in [0.25, 0.3) is 0 Å². The lowest BCUT2D eigenvalue weighted by molar-refractivity contribution is 0.190. The fourth-order valence-electron chi connectivity index (χ4n) is 1.13.